The highest BCUT2D eigenvalue weighted by Gasteiger charge is 2.21. The molecule has 2 aromatic carbocycles. The van der Waals surface area contributed by atoms with Gasteiger partial charge < -0.3 is 5.32 Å². The number of aromatic nitrogens is 2. The van der Waals surface area contributed by atoms with E-state index in [4.69, 9.17) is 0 Å². The number of ketones is 1. The van der Waals surface area contributed by atoms with E-state index in [9.17, 15) is 9.59 Å². The number of rotatable bonds is 6. The molecule has 31 heavy (non-hydrogen) atoms. The highest BCUT2D eigenvalue weighted by molar-refractivity contribution is 7.10. The molecule has 0 spiro atoms. The number of pyridine rings is 1. The lowest BCUT2D eigenvalue weighted by Gasteiger charge is -2.14. The second kappa shape index (κ2) is 9.02. The first kappa shape index (κ1) is 20.6. The molecule has 1 N–H and O–H groups in total. The Balaban J connectivity index is 1.53. The number of nitrogens with one attached hydrogen (secondary N) is 1. The molecule has 1 unspecified atom stereocenters. The summed E-state index contributed by atoms with van der Waals surface area (Å²) < 4.78 is 0. The quantitative estimate of drug-likeness (QED) is 0.427. The van der Waals surface area contributed by atoms with Crippen molar-refractivity contribution in [2.75, 3.05) is 0 Å². The van der Waals surface area contributed by atoms with Gasteiger partial charge in [-0.3, -0.25) is 14.6 Å². The minimum atomic E-state index is -0.304. The zero-order chi connectivity index (χ0) is 21.8. The lowest BCUT2D eigenvalue weighted by atomic mass is 9.97. The molecule has 154 valence electrons. The van der Waals surface area contributed by atoms with E-state index in [0.29, 0.717) is 16.7 Å². The van der Waals surface area contributed by atoms with Crippen LogP contribution in [0.2, 0.25) is 0 Å². The fourth-order valence-corrected chi connectivity index (χ4v) is 4.04. The summed E-state index contributed by atoms with van der Waals surface area (Å²) in [5, 5.41) is 5.71. The van der Waals surface area contributed by atoms with Gasteiger partial charge in [0.05, 0.1) is 17.3 Å². The first-order valence-electron chi connectivity index (χ1n) is 9.90. The van der Waals surface area contributed by atoms with Crippen molar-refractivity contribution in [2.24, 2.45) is 0 Å². The van der Waals surface area contributed by atoms with Gasteiger partial charge in [-0.25, -0.2) is 4.98 Å². The lowest BCUT2D eigenvalue weighted by molar-refractivity contribution is 0.0929. The predicted octanol–water partition coefficient (Wildman–Crippen LogP) is 5.24. The number of carbonyl (C=O) groups excluding carboxylic acids is 2. The van der Waals surface area contributed by atoms with Crippen LogP contribution in [0.4, 0.5) is 0 Å². The van der Waals surface area contributed by atoms with Crippen LogP contribution >= 0.6 is 11.3 Å². The molecular formula is C25H21N3O2S. The van der Waals surface area contributed by atoms with Gasteiger partial charge in [0.25, 0.3) is 5.91 Å². The fourth-order valence-electron chi connectivity index (χ4n) is 3.21. The highest BCUT2D eigenvalue weighted by atomic mass is 32.1. The Kier molecular flexibility index (Phi) is 6.00. The van der Waals surface area contributed by atoms with Crippen molar-refractivity contribution in [3.8, 4) is 11.3 Å². The second-order valence-corrected chi connectivity index (χ2v) is 8.14. The third kappa shape index (κ3) is 4.59. The summed E-state index contributed by atoms with van der Waals surface area (Å²) in [6.45, 7) is 3.85. The van der Waals surface area contributed by atoms with Gasteiger partial charge in [-0.05, 0) is 32.0 Å². The third-order valence-electron chi connectivity index (χ3n) is 4.93. The average molecular weight is 428 g/mol. The SMILES string of the molecule is Cc1ccc(C(=O)c2ccccc2C(=O)NC(C)c2nc(-c3cccnc3)cs2)cc1. The topological polar surface area (TPSA) is 72.0 Å². The number of aryl methyl sites for hydroxylation is 1. The molecule has 4 aromatic rings. The van der Waals surface area contributed by atoms with Gasteiger partial charge in [0, 0.05) is 34.5 Å². The van der Waals surface area contributed by atoms with Crippen molar-refractivity contribution in [3.63, 3.8) is 0 Å². The van der Waals surface area contributed by atoms with E-state index < -0.39 is 0 Å². The van der Waals surface area contributed by atoms with Crippen molar-refractivity contribution in [1.82, 2.24) is 15.3 Å². The molecule has 1 amide bonds. The molecule has 0 saturated heterocycles. The summed E-state index contributed by atoms with van der Waals surface area (Å²) in [4.78, 5) is 34.8. The number of hydrogen-bond donors (Lipinski definition) is 1. The Bertz CT molecular complexity index is 1220. The molecule has 5 nitrogen and oxygen atoms in total. The van der Waals surface area contributed by atoms with E-state index in [1.54, 1.807) is 48.8 Å². The molecule has 2 heterocycles. The molecule has 0 fully saturated rings. The normalized spacial score (nSPS) is 11.7. The molecule has 1 atom stereocenters. The maximum Gasteiger partial charge on any atom is 0.252 e. The predicted molar refractivity (Wildman–Crippen MR) is 122 cm³/mol. The first-order chi connectivity index (χ1) is 15.0. The Morgan fingerprint density at radius 3 is 2.42 bits per heavy atom. The Labute approximate surface area is 184 Å². The van der Waals surface area contributed by atoms with E-state index in [2.05, 4.69) is 15.3 Å². The largest absolute Gasteiger partial charge is 0.343 e. The summed E-state index contributed by atoms with van der Waals surface area (Å²) in [5.74, 6) is -0.479. The zero-order valence-corrected chi connectivity index (χ0v) is 18.0. The van der Waals surface area contributed by atoms with Crippen LogP contribution in [0.25, 0.3) is 11.3 Å². The molecule has 2 aromatic heterocycles. The maximum absolute atomic E-state index is 13.0. The van der Waals surface area contributed by atoms with Gasteiger partial charge in [0.2, 0.25) is 0 Å². The number of hydrogen-bond acceptors (Lipinski definition) is 5. The summed E-state index contributed by atoms with van der Waals surface area (Å²) in [7, 11) is 0. The van der Waals surface area contributed by atoms with Crippen LogP contribution < -0.4 is 5.32 Å². The van der Waals surface area contributed by atoms with Crippen molar-refractivity contribution >= 4 is 23.0 Å². The molecule has 6 heteroatoms. The minimum Gasteiger partial charge on any atom is -0.343 e. The summed E-state index contributed by atoms with van der Waals surface area (Å²) in [6, 6.07) is 17.7. The lowest BCUT2D eigenvalue weighted by Crippen LogP contribution is -2.28. The smallest absolute Gasteiger partial charge is 0.252 e. The van der Waals surface area contributed by atoms with Gasteiger partial charge in [0.1, 0.15) is 5.01 Å². The number of amides is 1. The molecular weight excluding hydrogens is 406 g/mol. The summed E-state index contributed by atoms with van der Waals surface area (Å²) in [5.41, 5.74) is 4.11. The standard InChI is InChI=1S/C25H21N3O2S/c1-16-9-11-18(12-10-16)23(29)20-7-3-4-8-21(20)24(30)27-17(2)25-28-22(15-31-25)19-6-5-13-26-14-19/h3-15,17H,1-2H3,(H,27,30). The van der Waals surface area contributed by atoms with Gasteiger partial charge in [-0.1, -0.05) is 48.0 Å². The molecule has 0 aliphatic heterocycles. The fraction of sp³-hybridized carbons (Fsp3) is 0.120. The summed E-state index contributed by atoms with van der Waals surface area (Å²) >= 11 is 1.48. The average Bonchev–Trinajstić information content (AvgIpc) is 3.30. The van der Waals surface area contributed by atoms with Crippen molar-refractivity contribution < 1.29 is 9.59 Å². The van der Waals surface area contributed by atoms with Crippen LogP contribution in [0.5, 0.6) is 0 Å². The Hall–Kier alpha value is -3.64. The van der Waals surface area contributed by atoms with Gasteiger partial charge in [-0.2, -0.15) is 0 Å². The van der Waals surface area contributed by atoms with Gasteiger partial charge >= 0.3 is 0 Å². The Morgan fingerprint density at radius 2 is 1.71 bits per heavy atom. The zero-order valence-electron chi connectivity index (χ0n) is 17.2. The van der Waals surface area contributed by atoms with Crippen molar-refractivity contribution in [1.29, 1.82) is 0 Å². The molecule has 0 aliphatic carbocycles. The van der Waals surface area contributed by atoms with Crippen LogP contribution in [0.1, 0.15) is 49.8 Å². The van der Waals surface area contributed by atoms with Crippen LogP contribution in [0.3, 0.4) is 0 Å². The van der Waals surface area contributed by atoms with Crippen LogP contribution in [0, 0.1) is 6.92 Å². The Morgan fingerprint density at radius 1 is 0.968 bits per heavy atom. The van der Waals surface area contributed by atoms with Crippen LogP contribution in [-0.2, 0) is 0 Å². The molecule has 0 saturated carbocycles. The highest BCUT2D eigenvalue weighted by Crippen LogP contribution is 2.25. The van der Waals surface area contributed by atoms with Crippen LogP contribution in [0.15, 0.2) is 78.4 Å². The van der Waals surface area contributed by atoms with Gasteiger partial charge in [-0.15, -0.1) is 11.3 Å². The third-order valence-corrected chi connectivity index (χ3v) is 5.95. The number of nitrogens with zero attached hydrogens (tertiary/aromatic N) is 2. The van der Waals surface area contributed by atoms with E-state index in [1.165, 1.54) is 11.3 Å². The van der Waals surface area contributed by atoms with E-state index in [-0.39, 0.29) is 17.7 Å². The molecule has 0 aliphatic rings. The summed E-state index contributed by atoms with van der Waals surface area (Å²) in [6.07, 6.45) is 3.48. The van der Waals surface area contributed by atoms with E-state index in [0.717, 1.165) is 21.8 Å². The number of benzene rings is 2. The van der Waals surface area contributed by atoms with Gasteiger partial charge in [0.15, 0.2) is 5.78 Å². The van der Waals surface area contributed by atoms with Crippen LogP contribution in [-0.4, -0.2) is 21.7 Å². The second-order valence-electron chi connectivity index (χ2n) is 7.25. The van der Waals surface area contributed by atoms with E-state index >= 15 is 0 Å². The monoisotopic (exact) mass is 427 g/mol. The molecule has 4 rings (SSSR count). The van der Waals surface area contributed by atoms with Crippen molar-refractivity contribution in [3.05, 3.63) is 106 Å². The maximum atomic E-state index is 13.0. The first-order valence-corrected chi connectivity index (χ1v) is 10.8. The molecule has 0 bridgehead atoms. The molecule has 0 radical (unpaired) electrons. The van der Waals surface area contributed by atoms with E-state index in [1.807, 2.05) is 43.5 Å². The number of carbonyl (C=O) groups is 2. The minimum absolute atomic E-state index is 0.175. The van der Waals surface area contributed by atoms with Crippen molar-refractivity contribution in [2.45, 2.75) is 19.9 Å². The number of thiazole rings is 1.